The summed E-state index contributed by atoms with van der Waals surface area (Å²) < 4.78 is 10.7. The summed E-state index contributed by atoms with van der Waals surface area (Å²) in [6.45, 7) is 6.16. The summed E-state index contributed by atoms with van der Waals surface area (Å²) in [5, 5.41) is 0. The van der Waals surface area contributed by atoms with E-state index < -0.39 is 5.41 Å². The number of hydrogen-bond acceptors (Lipinski definition) is 5. The lowest BCUT2D eigenvalue weighted by molar-refractivity contribution is -0.143. The fourth-order valence-electron chi connectivity index (χ4n) is 3.43. The second kappa shape index (κ2) is 6.47. The van der Waals surface area contributed by atoms with Gasteiger partial charge < -0.3 is 9.47 Å². The quantitative estimate of drug-likeness (QED) is 0.780. The summed E-state index contributed by atoms with van der Waals surface area (Å²) in [6, 6.07) is 5.88. The SMILES string of the molecule is COC(=O)C1(c2cc(C)ccc2OC)CC1c1cnc(C(C)C)cn1. The molecular formula is C20H24N2O3. The van der Waals surface area contributed by atoms with Crippen LogP contribution in [0.5, 0.6) is 5.75 Å². The van der Waals surface area contributed by atoms with Gasteiger partial charge in [0.1, 0.15) is 11.2 Å². The molecular weight excluding hydrogens is 316 g/mol. The summed E-state index contributed by atoms with van der Waals surface area (Å²) >= 11 is 0. The van der Waals surface area contributed by atoms with Crippen LogP contribution in [0.25, 0.3) is 0 Å². The van der Waals surface area contributed by atoms with Gasteiger partial charge in [-0.2, -0.15) is 0 Å². The molecule has 3 rings (SSSR count). The van der Waals surface area contributed by atoms with E-state index >= 15 is 0 Å². The minimum absolute atomic E-state index is 0.0515. The molecule has 1 aromatic carbocycles. The van der Waals surface area contributed by atoms with Crippen molar-refractivity contribution in [2.45, 2.75) is 44.4 Å². The Kier molecular flexibility index (Phi) is 4.50. The predicted molar refractivity (Wildman–Crippen MR) is 94.9 cm³/mol. The first-order valence-electron chi connectivity index (χ1n) is 8.49. The Bertz CT molecular complexity index is 786. The second-order valence-electron chi connectivity index (χ2n) is 6.94. The van der Waals surface area contributed by atoms with Crippen molar-refractivity contribution in [2.75, 3.05) is 14.2 Å². The Morgan fingerprint density at radius 3 is 2.56 bits per heavy atom. The molecule has 1 fully saturated rings. The zero-order valence-corrected chi connectivity index (χ0v) is 15.4. The number of methoxy groups -OCH3 is 2. The lowest BCUT2D eigenvalue weighted by Crippen LogP contribution is -2.25. The van der Waals surface area contributed by atoms with Crippen LogP contribution in [0.1, 0.15) is 54.6 Å². The highest BCUT2D eigenvalue weighted by Gasteiger charge is 2.64. The molecule has 0 N–H and O–H groups in total. The van der Waals surface area contributed by atoms with Crippen LogP contribution in [-0.4, -0.2) is 30.2 Å². The molecule has 0 aliphatic heterocycles. The number of ether oxygens (including phenoxy) is 2. The molecule has 0 spiro atoms. The molecule has 1 heterocycles. The van der Waals surface area contributed by atoms with E-state index in [0.717, 1.165) is 22.5 Å². The molecule has 0 amide bonds. The Morgan fingerprint density at radius 1 is 1.24 bits per heavy atom. The molecule has 1 saturated carbocycles. The maximum atomic E-state index is 12.7. The van der Waals surface area contributed by atoms with E-state index in [1.54, 1.807) is 19.5 Å². The molecule has 0 radical (unpaired) electrons. The average Bonchev–Trinajstić information content (AvgIpc) is 3.38. The van der Waals surface area contributed by atoms with Gasteiger partial charge in [-0.05, 0) is 25.3 Å². The molecule has 132 valence electrons. The van der Waals surface area contributed by atoms with Crippen LogP contribution >= 0.6 is 0 Å². The molecule has 2 aromatic rings. The average molecular weight is 340 g/mol. The van der Waals surface area contributed by atoms with Gasteiger partial charge in [0.05, 0.1) is 25.6 Å². The van der Waals surface area contributed by atoms with Crippen LogP contribution in [0.2, 0.25) is 0 Å². The minimum Gasteiger partial charge on any atom is -0.496 e. The van der Waals surface area contributed by atoms with E-state index in [1.165, 1.54) is 7.11 Å². The first-order chi connectivity index (χ1) is 11.9. The van der Waals surface area contributed by atoms with Crippen molar-refractivity contribution in [1.29, 1.82) is 0 Å². The largest absolute Gasteiger partial charge is 0.496 e. The number of hydrogen-bond donors (Lipinski definition) is 0. The first-order valence-corrected chi connectivity index (χ1v) is 8.49. The number of nitrogens with zero attached hydrogens (tertiary/aromatic N) is 2. The van der Waals surface area contributed by atoms with Gasteiger partial charge >= 0.3 is 5.97 Å². The van der Waals surface area contributed by atoms with E-state index in [0.29, 0.717) is 18.1 Å². The highest BCUT2D eigenvalue weighted by Crippen LogP contribution is 2.62. The summed E-state index contributed by atoms with van der Waals surface area (Å²) in [5.74, 6) is 0.716. The Hall–Kier alpha value is -2.43. The Balaban J connectivity index is 2.04. The Labute approximate surface area is 148 Å². The molecule has 1 aromatic heterocycles. The zero-order valence-electron chi connectivity index (χ0n) is 15.4. The third kappa shape index (κ3) is 2.88. The zero-order chi connectivity index (χ0) is 18.2. The van der Waals surface area contributed by atoms with Gasteiger partial charge in [-0.15, -0.1) is 0 Å². The van der Waals surface area contributed by atoms with Gasteiger partial charge in [-0.25, -0.2) is 0 Å². The Morgan fingerprint density at radius 2 is 2.00 bits per heavy atom. The van der Waals surface area contributed by atoms with Crippen LogP contribution in [0, 0.1) is 6.92 Å². The van der Waals surface area contributed by atoms with Crippen molar-refractivity contribution < 1.29 is 14.3 Å². The van der Waals surface area contributed by atoms with E-state index in [9.17, 15) is 4.79 Å². The molecule has 2 atom stereocenters. The van der Waals surface area contributed by atoms with Gasteiger partial charge in [0, 0.05) is 23.9 Å². The highest BCUT2D eigenvalue weighted by atomic mass is 16.5. The second-order valence-corrected chi connectivity index (χ2v) is 6.94. The van der Waals surface area contributed by atoms with Crippen molar-refractivity contribution in [3.05, 3.63) is 53.1 Å². The van der Waals surface area contributed by atoms with E-state index in [1.807, 2.05) is 25.1 Å². The smallest absolute Gasteiger partial charge is 0.317 e. The topological polar surface area (TPSA) is 61.3 Å². The van der Waals surface area contributed by atoms with Crippen LogP contribution in [0.4, 0.5) is 0 Å². The predicted octanol–water partition coefficient (Wildman–Crippen LogP) is 3.52. The first kappa shape index (κ1) is 17.4. The minimum atomic E-state index is -0.750. The monoisotopic (exact) mass is 340 g/mol. The van der Waals surface area contributed by atoms with E-state index in [-0.39, 0.29) is 11.9 Å². The third-order valence-electron chi connectivity index (χ3n) is 4.99. The van der Waals surface area contributed by atoms with E-state index in [4.69, 9.17) is 9.47 Å². The molecule has 1 aliphatic carbocycles. The number of esters is 1. The summed E-state index contributed by atoms with van der Waals surface area (Å²) in [5.41, 5.74) is 2.95. The van der Waals surface area contributed by atoms with Gasteiger partial charge in [0.25, 0.3) is 0 Å². The van der Waals surface area contributed by atoms with Crippen LogP contribution in [0.3, 0.4) is 0 Å². The summed E-state index contributed by atoms with van der Waals surface area (Å²) in [7, 11) is 3.04. The molecule has 5 nitrogen and oxygen atoms in total. The fraction of sp³-hybridized carbons (Fsp3) is 0.450. The van der Waals surface area contributed by atoms with Crippen molar-refractivity contribution >= 4 is 5.97 Å². The van der Waals surface area contributed by atoms with Gasteiger partial charge in [0.2, 0.25) is 0 Å². The van der Waals surface area contributed by atoms with Gasteiger partial charge in [0.15, 0.2) is 0 Å². The molecule has 2 unspecified atom stereocenters. The number of aromatic nitrogens is 2. The van der Waals surface area contributed by atoms with Crippen LogP contribution in [0.15, 0.2) is 30.6 Å². The number of rotatable bonds is 5. The molecule has 25 heavy (non-hydrogen) atoms. The van der Waals surface area contributed by atoms with Crippen LogP contribution in [-0.2, 0) is 14.9 Å². The standard InChI is InChI=1S/C20H24N2O3/c1-12(2)16-10-22-17(11-21-16)15-9-20(15,19(23)25-5)14-8-13(3)6-7-18(14)24-4/h6-8,10-12,15H,9H2,1-5H3. The fourth-order valence-corrected chi connectivity index (χ4v) is 3.43. The number of carbonyl (C=O) groups is 1. The lowest BCUT2D eigenvalue weighted by atomic mass is 9.90. The van der Waals surface area contributed by atoms with Crippen molar-refractivity contribution in [3.8, 4) is 5.75 Å². The third-order valence-corrected chi connectivity index (χ3v) is 4.99. The summed E-state index contributed by atoms with van der Waals surface area (Å²) in [4.78, 5) is 21.8. The maximum Gasteiger partial charge on any atom is 0.317 e. The van der Waals surface area contributed by atoms with Gasteiger partial charge in [-0.1, -0.05) is 31.5 Å². The molecule has 0 saturated heterocycles. The maximum absolute atomic E-state index is 12.7. The number of carbonyl (C=O) groups excluding carboxylic acids is 1. The van der Waals surface area contributed by atoms with Crippen molar-refractivity contribution in [3.63, 3.8) is 0 Å². The normalized spacial score (nSPS) is 21.9. The molecule has 1 aliphatic rings. The number of aryl methyl sites for hydroxylation is 1. The van der Waals surface area contributed by atoms with Crippen LogP contribution < -0.4 is 4.74 Å². The molecule has 5 heteroatoms. The van der Waals surface area contributed by atoms with Crippen molar-refractivity contribution in [2.24, 2.45) is 0 Å². The summed E-state index contributed by atoms with van der Waals surface area (Å²) in [6.07, 6.45) is 4.23. The highest BCUT2D eigenvalue weighted by molar-refractivity contribution is 5.90. The van der Waals surface area contributed by atoms with Crippen molar-refractivity contribution in [1.82, 2.24) is 9.97 Å². The van der Waals surface area contributed by atoms with E-state index in [2.05, 4.69) is 23.8 Å². The molecule has 0 bridgehead atoms. The lowest BCUT2D eigenvalue weighted by Gasteiger charge is -2.19. The van der Waals surface area contributed by atoms with Gasteiger partial charge in [-0.3, -0.25) is 14.8 Å². The number of benzene rings is 1.